The molecule has 3 atom stereocenters. The molecule has 1 saturated heterocycles. The first-order chi connectivity index (χ1) is 10.5. The number of β-amino-alcohol motifs (C(OH)–C–C–N with tert-alkyl or cyclic N) is 1. The largest absolute Gasteiger partial charge is 0.481 e. The zero-order valence-electron chi connectivity index (χ0n) is 12.8. The highest BCUT2D eigenvalue weighted by molar-refractivity contribution is 5.94. The number of hydrogen-bond donors (Lipinski definition) is 3. The van der Waals surface area contributed by atoms with Gasteiger partial charge in [-0.3, -0.25) is 9.59 Å². The lowest BCUT2D eigenvalue weighted by molar-refractivity contribution is -0.127. The number of aliphatic hydroxyl groups excluding tert-OH is 1. The minimum Gasteiger partial charge on any atom is -0.481 e. The fourth-order valence-corrected chi connectivity index (χ4v) is 2.35. The van der Waals surface area contributed by atoms with Gasteiger partial charge in [0.1, 0.15) is 5.75 Å². The molecular weight excluding hydrogens is 284 g/mol. The van der Waals surface area contributed by atoms with Crippen molar-refractivity contribution in [3.8, 4) is 5.75 Å². The van der Waals surface area contributed by atoms with Gasteiger partial charge in [-0.1, -0.05) is 12.1 Å². The number of carbonyl (C=O) groups is 2. The zero-order chi connectivity index (χ0) is 16.1. The molecule has 22 heavy (non-hydrogen) atoms. The fourth-order valence-electron chi connectivity index (χ4n) is 2.35. The first-order valence-corrected chi connectivity index (χ1v) is 7.41. The topological polar surface area (TPSA) is 87.7 Å². The van der Waals surface area contributed by atoms with Gasteiger partial charge < -0.3 is 20.5 Å². The minimum atomic E-state index is -0.672. The van der Waals surface area contributed by atoms with Crippen molar-refractivity contribution in [3.63, 3.8) is 0 Å². The molecule has 120 valence electrons. The average Bonchev–Trinajstić information content (AvgIpc) is 2.90. The van der Waals surface area contributed by atoms with E-state index in [9.17, 15) is 14.7 Å². The third kappa shape index (κ3) is 4.29. The number of ketones is 1. The molecular formula is C16H22N2O4. The van der Waals surface area contributed by atoms with Gasteiger partial charge in [-0.15, -0.1) is 0 Å². The highest BCUT2D eigenvalue weighted by atomic mass is 16.5. The van der Waals surface area contributed by atoms with Gasteiger partial charge in [0.15, 0.2) is 11.9 Å². The number of aliphatic hydroxyl groups is 1. The molecule has 1 amide bonds. The molecule has 1 aromatic rings. The molecule has 0 saturated carbocycles. The van der Waals surface area contributed by atoms with Gasteiger partial charge in [-0.25, -0.2) is 0 Å². The van der Waals surface area contributed by atoms with E-state index in [0.717, 1.165) is 0 Å². The van der Waals surface area contributed by atoms with Crippen molar-refractivity contribution in [3.05, 3.63) is 29.8 Å². The average molecular weight is 306 g/mol. The van der Waals surface area contributed by atoms with Crippen LogP contribution in [0.5, 0.6) is 5.75 Å². The van der Waals surface area contributed by atoms with E-state index in [0.29, 0.717) is 30.9 Å². The van der Waals surface area contributed by atoms with Gasteiger partial charge in [-0.2, -0.15) is 0 Å². The van der Waals surface area contributed by atoms with Crippen molar-refractivity contribution in [2.75, 3.05) is 19.6 Å². The molecule has 1 aliphatic rings. The van der Waals surface area contributed by atoms with Gasteiger partial charge in [0.05, 0.1) is 6.10 Å². The molecule has 0 aromatic heterocycles. The summed E-state index contributed by atoms with van der Waals surface area (Å²) in [4.78, 5) is 23.4. The number of rotatable bonds is 6. The molecule has 6 heteroatoms. The quantitative estimate of drug-likeness (QED) is 0.660. The van der Waals surface area contributed by atoms with E-state index in [1.165, 1.54) is 6.92 Å². The number of hydrogen-bond acceptors (Lipinski definition) is 5. The van der Waals surface area contributed by atoms with E-state index in [4.69, 9.17) is 4.74 Å². The maximum Gasteiger partial charge on any atom is 0.260 e. The molecule has 6 nitrogen and oxygen atoms in total. The van der Waals surface area contributed by atoms with Crippen LogP contribution in [0.1, 0.15) is 24.2 Å². The summed E-state index contributed by atoms with van der Waals surface area (Å²) >= 11 is 0. The van der Waals surface area contributed by atoms with E-state index in [1.807, 2.05) is 0 Å². The van der Waals surface area contributed by atoms with Crippen molar-refractivity contribution in [2.24, 2.45) is 5.92 Å². The van der Waals surface area contributed by atoms with Crippen LogP contribution in [0.4, 0.5) is 0 Å². The second-order valence-electron chi connectivity index (χ2n) is 5.57. The Bertz CT molecular complexity index is 547. The second kappa shape index (κ2) is 7.38. The molecule has 1 aliphatic heterocycles. The number of amides is 1. The van der Waals surface area contributed by atoms with Crippen molar-refractivity contribution >= 4 is 11.7 Å². The molecule has 1 fully saturated rings. The summed E-state index contributed by atoms with van der Waals surface area (Å²) in [5.74, 6) is 0.215. The lowest BCUT2D eigenvalue weighted by Gasteiger charge is -2.18. The lowest BCUT2D eigenvalue weighted by atomic mass is 10.1. The molecule has 0 radical (unpaired) electrons. The maximum atomic E-state index is 12.0. The van der Waals surface area contributed by atoms with E-state index in [1.54, 1.807) is 31.2 Å². The first kappa shape index (κ1) is 16.5. The molecule has 0 aliphatic carbocycles. The summed E-state index contributed by atoms with van der Waals surface area (Å²) in [6, 6.07) is 6.75. The van der Waals surface area contributed by atoms with Crippen LogP contribution in [0.3, 0.4) is 0 Å². The maximum absolute atomic E-state index is 12.0. The number of carbonyl (C=O) groups excluding carboxylic acids is 2. The van der Waals surface area contributed by atoms with Gasteiger partial charge in [-0.05, 0) is 26.0 Å². The van der Waals surface area contributed by atoms with E-state index in [-0.39, 0.29) is 17.6 Å². The van der Waals surface area contributed by atoms with Crippen LogP contribution in [-0.4, -0.2) is 48.6 Å². The van der Waals surface area contributed by atoms with Crippen LogP contribution < -0.4 is 15.4 Å². The Morgan fingerprint density at radius 1 is 1.45 bits per heavy atom. The van der Waals surface area contributed by atoms with E-state index < -0.39 is 12.2 Å². The Morgan fingerprint density at radius 3 is 2.86 bits per heavy atom. The third-order valence-electron chi connectivity index (χ3n) is 3.77. The van der Waals surface area contributed by atoms with Gasteiger partial charge in [0.2, 0.25) is 0 Å². The first-order valence-electron chi connectivity index (χ1n) is 7.41. The van der Waals surface area contributed by atoms with Crippen LogP contribution in [0, 0.1) is 5.92 Å². The number of benzene rings is 1. The van der Waals surface area contributed by atoms with E-state index >= 15 is 0 Å². The predicted octanol–water partition coefficient (Wildman–Crippen LogP) is 0.353. The lowest BCUT2D eigenvalue weighted by Crippen LogP contribution is -2.41. The van der Waals surface area contributed by atoms with Crippen molar-refractivity contribution in [1.29, 1.82) is 0 Å². The molecule has 3 N–H and O–H groups in total. The minimum absolute atomic E-state index is 0.0252. The normalized spacial score (nSPS) is 22.1. The standard InChI is InChI=1S/C16H22N2O4/c1-10(19)12-4-3-5-14(6-12)22-11(2)16(21)18-8-13-7-17-9-15(13)20/h3-6,11,13,15,17,20H,7-9H2,1-2H3,(H,18,21). The highest BCUT2D eigenvalue weighted by Gasteiger charge is 2.26. The van der Waals surface area contributed by atoms with Gasteiger partial charge >= 0.3 is 0 Å². The van der Waals surface area contributed by atoms with Crippen LogP contribution >= 0.6 is 0 Å². The zero-order valence-corrected chi connectivity index (χ0v) is 12.8. The molecule has 2 rings (SSSR count). The summed E-state index contributed by atoms with van der Waals surface area (Å²) in [5, 5.41) is 15.5. The summed E-state index contributed by atoms with van der Waals surface area (Å²) in [6.07, 6.45) is -1.10. The Kier molecular flexibility index (Phi) is 5.51. The van der Waals surface area contributed by atoms with Crippen molar-refractivity contribution in [2.45, 2.75) is 26.1 Å². The Hall–Kier alpha value is -1.92. The molecule has 1 aromatic carbocycles. The van der Waals surface area contributed by atoms with E-state index in [2.05, 4.69) is 10.6 Å². The summed E-state index contributed by atoms with van der Waals surface area (Å²) in [5.41, 5.74) is 0.547. The number of nitrogens with one attached hydrogen (secondary N) is 2. The SMILES string of the molecule is CC(=O)c1cccc(OC(C)C(=O)NCC2CNCC2O)c1. The summed E-state index contributed by atoms with van der Waals surface area (Å²) < 4.78 is 5.57. The number of Topliss-reactive ketones (excluding diaryl/α,β-unsaturated/α-hetero) is 1. The van der Waals surface area contributed by atoms with Crippen LogP contribution in [0.15, 0.2) is 24.3 Å². The monoisotopic (exact) mass is 306 g/mol. The molecule has 0 spiro atoms. The molecule has 0 bridgehead atoms. The predicted molar refractivity (Wildman–Crippen MR) is 81.9 cm³/mol. The van der Waals surface area contributed by atoms with Crippen LogP contribution in [0.2, 0.25) is 0 Å². The number of ether oxygens (including phenoxy) is 1. The van der Waals surface area contributed by atoms with Crippen LogP contribution in [0.25, 0.3) is 0 Å². The Morgan fingerprint density at radius 2 is 2.23 bits per heavy atom. The fraction of sp³-hybridized carbons (Fsp3) is 0.500. The highest BCUT2D eigenvalue weighted by Crippen LogP contribution is 2.15. The second-order valence-corrected chi connectivity index (χ2v) is 5.57. The molecule has 3 unspecified atom stereocenters. The van der Waals surface area contributed by atoms with Gasteiger partial charge in [0.25, 0.3) is 5.91 Å². The summed E-state index contributed by atoms with van der Waals surface area (Å²) in [6.45, 7) is 4.80. The van der Waals surface area contributed by atoms with Gasteiger partial charge in [0, 0.05) is 31.1 Å². The summed E-state index contributed by atoms with van der Waals surface area (Å²) in [7, 11) is 0. The Balaban J connectivity index is 1.85. The van der Waals surface area contributed by atoms with Crippen LogP contribution in [-0.2, 0) is 4.79 Å². The molecule has 1 heterocycles. The van der Waals surface area contributed by atoms with Crippen molar-refractivity contribution < 1.29 is 19.4 Å². The third-order valence-corrected chi connectivity index (χ3v) is 3.77. The van der Waals surface area contributed by atoms with Crippen molar-refractivity contribution in [1.82, 2.24) is 10.6 Å². The Labute approximate surface area is 129 Å². The smallest absolute Gasteiger partial charge is 0.260 e.